The SMILES string of the molecule is CNC.Cc1ccc(-c2c(-c3ccc(C#N)cc3)cc(CN3CCCC3)c3ncnn23)cc1. The Balaban J connectivity index is 0.000000821. The maximum absolute atomic E-state index is 9.20. The molecule has 0 spiro atoms. The van der Waals surface area contributed by atoms with E-state index in [9.17, 15) is 5.26 Å². The van der Waals surface area contributed by atoms with Crippen LogP contribution in [0.4, 0.5) is 0 Å². The number of nitrogens with one attached hydrogen (secondary N) is 1. The molecule has 0 unspecified atom stereocenters. The van der Waals surface area contributed by atoms with Gasteiger partial charge in [0.05, 0.1) is 17.3 Å². The van der Waals surface area contributed by atoms with Gasteiger partial charge in [0.25, 0.3) is 0 Å². The van der Waals surface area contributed by atoms with E-state index in [0.29, 0.717) is 5.56 Å². The van der Waals surface area contributed by atoms with Crippen LogP contribution in [-0.2, 0) is 6.54 Å². The number of pyridine rings is 1. The lowest BCUT2D eigenvalue weighted by atomic mass is 9.96. The van der Waals surface area contributed by atoms with Crippen LogP contribution in [0.2, 0.25) is 0 Å². The third-order valence-corrected chi connectivity index (χ3v) is 5.86. The molecule has 0 radical (unpaired) electrons. The van der Waals surface area contributed by atoms with E-state index < -0.39 is 0 Å². The second kappa shape index (κ2) is 10.4. The lowest BCUT2D eigenvalue weighted by molar-refractivity contribution is 0.332. The highest BCUT2D eigenvalue weighted by molar-refractivity contribution is 5.84. The second-order valence-electron chi connectivity index (χ2n) is 8.47. The number of hydrogen-bond donors (Lipinski definition) is 1. The van der Waals surface area contributed by atoms with Crippen LogP contribution in [0.15, 0.2) is 60.9 Å². The van der Waals surface area contributed by atoms with Crippen LogP contribution in [0, 0.1) is 18.3 Å². The molecule has 0 aliphatic carbocycles. The summed E-state index contributed by atoms with van der Waals surface area (Å²) in [6.45, 7) is 5.23. The second-order valence-corrected chi connectivity index (χ2v) is 8.47. The molecule has 1 N–H and O–H groups in total. The molecule has 6 heteroatoms. The summed E-state index contributed by atoms with van der Waals surface area (Å²) in [6, 6.07) is 20.8. The van der Waals surface area contributed by atoms with Crippen LogP contribution in [0.1, 0.15) is 29.5 Å². The minimum atomic E-state index is 0.662. The molecule has 33 heavy (non-hydrogen) atoms. The zero-order chi connectivity index (χ0) is 23.2. The fraction of sp³-hybridized carbons (Fsp3) is 0.296. The Morgan fingerprint density at radius 1 is 0.970 bits per heavy atom. The zero-order valence-corrected chi connectivity index (χ0v) is 19.5. The highest BCUT2D eigenvalue weighted by Crippen LogP contribution is 2.35. The van der Waals surface area contributed by atoms with Crippen molar-refractivity contribution in [2.24, 2.45) is 0 Å². The molecule has 0 atom stereocenters. The predicted octanol–water partition coefficient (Wildman–Crippen LogP) is 4.67. The largest absolute Gasteiger partial charge is 0.323 e. The van der Waals surface area contributed by atoms with Gasteiger partial charge in [-0.2, -0.15) is 10.4 Å². The molecule has 0 bridgehead atoms. The fourth-order valence-corrected chi connectivity index (χ4v) is 4.28. The molecule has 0 saturated carbocycles. The molecule has 2 aromatic heterocycles. The van der Waals surface area contributed by atoms with Gasteiger partial charge in [0.2, 0.25) is 0 Å². The summed E-state index contributed by atoms with van der Waals surface area (Å²) in [4.78, 5) is 7.09. The van der Waals surface area contributed by atoms with Crippen LogP contribution < -0.4 is 5.32 Å². The summed E-state index contributed by atoms with van der Waals surface area (Å²) in [5.74, 6) is 0. The Morgan fingerprint density at radius 3 is 2.24 bits per heavy atom. The van der Waals surface area contributed by atoms with Crippen molar-refractivity contribution >= 4 is 5.65 Å². The molecular formula is C27H30N6. The summed E-state index contributed by atoms with van der Waals surface area (Å²) < 4.78 is 1.98. The van der Waals surface area contributed by atoms with Gasteiger partial charge in [-0.3, -0.25) is 4.90 Å². The van der Waals surface area contributed by atoms with E-state index in [2.05, 4.69) is 63.6 Å². The van der Waals surface area contributed by atoms with Crippen LogP contribution in [-0.4, -0.2) is 46.7 Å². The molecule has 1 saturated heterocycles. The first-order valence-corrected chi connectivity index (χ1v) is 11.4. The van der Waals surface area contributed by atoms with Crippen LogP contribution in [0.3, 0.4) is 0 Å². The highest BCUT2D eigenvalue weighted by Gasteiger charge is 2.20. The third-order valence-electron chi connectivity index (χ3n) is 5.86. The first-order chi connectivity index (χ1) is 16.1. The minimum absolute atomic E-state index is 0.662. The molecule has 0 amide bonds. The third kappa shape index (κ3) is 4.95. The van der Waals surface area contributed by atoms with E-state index >= 15 is 0 Å². The average molecular weight is 439 g/mol. The van der Waals surface area contributed by atoms with Crippen LogP contribution in [0.5, 0.6) is 0 Å². The van der Waals surface area contributed by atoms with Crippen molar-refractivity contribution in [2.75, 3.05) is 27.2 Å². The van der Waals surface area contributed by atoms with E-state index in [4.69, 9.17) is 0 Å². The van der Waals surface area contributed by atoms with Gasteiger partial charge in [-0.15, -0.1) is 0 Å². The van der Waals surface area contributed by atoms with Gasteiger partial charge in [-0.05, 0) is 70.7 Å². The first kappa shape index (κ1) is 22.7. The fourth-order valence-electron chi connectivity index (χ4n) is 4.28. The molecular weight excluding hydrogens is 408 g/mol. The number of aryl methyl sites for hydroxylation is 1. The first-order valence-electron chi connectivity index (χ1n) is 11.4. The maximum atomic E-state index is 9.20. The molecule has 4 aromatic rings. The molecule has 168 valence electrons. The number of likely N-dealkylation sites (tertiary alicyclic amines) is 1. The van der Waals surface area contributed by atoms with E-state index in [-0.39, 0.29) is 0 Å². The number of hydrogen-bond acceptors (Lipinski definition) is 5. The summed E-state index contributed by atoms with van der Waals surface area (Å²) in [6.07, 6.45) is 4.16. The van der Waals surface area contributed by atoms with Gasteiger partial charge < -0.3 is 5.32 Å². The maximum Gasteiger partial charge on any atom is 0.160 e. The standard InChI is InChI=1S/C25H23N5.C2H7N/c1-18-4-8-21(9-5-18)24-23(20-10-6-19(15-26)7-11-20)14-22(16-29-12-2-3-13-29)25-27-17-28-30(24)25;1-3-2/h4-11,14,17H,2-3,12-13,16H2,1H3;3H,1-2H3. The Hall–Kier alpha value is -3.53. The Labute approximate surface area is 195 Å². The average Bonchev–Trinajstić information content (AvgIpc) is 3.53. The number of nitriles is 1. The number of aromatic nitrogens is 3. The predicted molar refractivity (Wildman–Crippen MR) is 133 cm³/mol. The molecule has 6 nitrogen and oxygen atoms in total. The van der Waals surface area contributed by atoms with Gasteiger partial charge in [0, 0.05) is 23.2 Å². The van der Waals surface area contributed by atoms with Gasteiger partial charge in [-0.25, -0.2) is 9.50 Å². The molecule has 1 aliphatic rings. The smallest absolute Gasteiger partial charge is 0.160 e. The van der Waals surface area contributed by atoms with E-state index in [1.165, 1.54) is 24.0 Å². The van der Waals surface area contributed by atoms with Gasteiger partial charge in [0.1, 0.15) is 6.33 Å². The van der Waals surface area contributed by atoms with Crippen molar-refractivity contribution in [3.05, 3.63) is 77.6 Å². The highest BCUT2D eigenvalue weighted by atomic mass is 15.3. The lowest BCUT2D eigenvalue weighted by Gasteiger charge is -2.19. The lowest BCUT2D eigenvalue weighted by Crippen LogP contribution is -2.19. The van der Waals surface area contributed by atoms with E-state index in [1.807, 2.05) is 42.9 Å². The van der Waals surface area contributed by atoms with Gasteiger partial charge in [0.15, 0.2) is 5.65 Å². The van der Waals surface area contributed by atoms with E-state index in [1.54, 1.807) is 6.33 Å². The number of benzene rings is 2. The van der Waals surface area contributed by atoms with Crippen molar-refractivity contribution in [3.63, 3.8) is 0 Å². The zero-order valence-electron chi connectivity index (χ0n) is 19.5. The van der Waals surface area contributed by atoms with Crippen molar-refractivity contribution in [2.45, 2.75) is 26.3 Å². The summed E-state index contributed by atoms with van der Waals surface area (Å²) in [7, 11) is 3.75. The van der Waals surface area contributed by atoms with Crippen molar-refractivity contribution < 1.29 is 0 Å². The Kier molecular flexibility index (Phi) is 7.13. The molecule has 2 aromatic carbocycles. The van der Waals surface area contributed by atoms with Gasteiger partial charge >= 0.3 is 0 Å². The Bertz CT molecular complexity index is 1240. The van der Waals surface area contributed by atoms with Crippen molar-refractivity contribution in [3.8, 4) is 28.5 Å². The summed E-state index contributed by atoms with van der Waals surface area (Å²) in [5, 5.41) is 16.6. The summed E-state index contributed by atoms with van der Waals surface area (Å²) in [5.41, 5.74) is 8.29. The van der Waals surface area contributed by atoms with Crippen molar-refractivity contribution in [1.82, 2.24) is 24.8 Å². The molecule has 5 rings (SSSR count). The molecule has 1 fully saturated rings. The number of rotatable bonds is 4. The van der Waals surface area contributed by atoms with Crippen molar-refractivity contribution in [1.29, 1.82) is 5.26 Å². The quantitative estimate of drug-likeness (QED) is 0.501. The minimum Gasteiger partial charge on any atom is -0.323 e. The van der Waals surface area contributed by atoms with Crippen LogP contribution in [0.25, 0.3) is 28.0 Å². The number of nitrogens with zero attached hydrogens (tertiary/aromatic N) is 5. The summed E-state index contributed by atoms with van der Waals surface area (Å²) >= 11 is 0. The monoisotopic (exact) mass is 438 g/mol. The van der Waals surface area contributed by atoms with Crippen LogP contribution >= 0.6 is 0 Å². The normalized spacial score (nSPS) is 13.5. The molecule has 1 aliphatic heterocycles. The Morgan fingerprint density at radius 2 is 1.61 bits per heavy atom. The topological polar surface area (TPSA) is 69.2 Å². The van der Waals surface area contributed by atoms with Gasteiger partial charge in [-0.1, -0.05) is 42.0 Å². The number of fused-ring (bicyclic) bond motifs is 1. The molecule has 3 heterocycles. The van der Waals surface area contributed by atoms with E-state index in [0.717, 1.165) is 47.7 Å².